The lowest BCUT2D eigenvalue weighted by Crippen LogP contribution is -2.61. The van der Waals surface area contributed by atoms with E-state index in [2.05, 4.69) is 208 Å². The van der Waals surface area contributed by atoms with Gasteiger partial charge >= 0.3 is 6.85 Å². The van der Waals surface area contributed by atoms with Crippen LogP contribution in [-0.4, -0.2) is 6.85 Å². The van der Waals surface area contributed by atoms with Crippen molar-refractivity contribution in [2.45, 2.75) is 105 Å². The van der Waals surface area contributed by atoms with Crippen LogP contribution in [0.5, 0.6) is 0 Å². The first-order valence-corrected chi connectivity index (χ1v) is 20.4. The van der Waals surface area contributed by atoms with Gasteiger partial charge in [-0.3, -0.25) is 0 Å². The molecule has 3 heterocycles. The number of benzene rings is 6. The van der Waals surface area contributed by atoms with E-state index in [1.54, 1.807) is 0 Å². The maximum atomic E-state index is 6.98. The van der Waals surface area contributed by atoms with Gasteiger partial charge in [0.2, 0.25) is 0 Å². The fourth-order valence-electron chi connectivity index (χ4n) is 8.93. The Balaban J connectivity index is 1.48. The summed E-state index contributed by atoms with van der Waals surface area (Å²) in [6, 6.07) is 43.8. The van der Waals surface area contributed by atoms with E-state index >= 15 is 0 Å². The van der Waals surface area contributed by atoms with Crippen molar-refractivity contribution >= 4 is 68.1 Å². The van der Waals surface area contributed by atoms with Crippen molar-refractivity contribution in [3.63, 3.8) is 0 Å². The molecule has 0 unspecified atom stereocenters. The highest BCUT2D eigenvalue weighted by Crippen LogP contribution is 2.51. The second-order valence-electron chi connectivity index (χ2n) is 20.4. The van der Waals surface area contributed by atoms with Crippen LogP contribution in [0.25, 0.3) is 33.1 Å². The molecule has 1 aromatic heterocycles. The fourth-order valence-corrected chi connectivity index (χ4v) is 8.93. The summed E-state index contributed by atoms with van der Waals surface area (Å²) >= 11 is 0. The van der Waals surface area contributed by atoms with Gasteiger partial charge in [-0.25, -0.2) is 0 Å². The molecule has 9 rings (SSSR count). The highest BCUT2D eigenvalue weighted by molar-refractivity contribution is 6.94. The first-order valence-electron chi connectivity index (χ1n) is 20.4. The van der Waals surface area contributed by atoms with Crippen molar-refractivity contribution in [2.24, 2.45) is 0 Å². The Bertz CT molecular complexity index is 2660. The Morgan fingerprint density at radius 1 is 0.464 bits per heavy atom. The highest BCUT2D eigenvalue weighted by atomic mass is 16.3. The molecule has 0 saturated heterocycles. The molecule has 2 aliphatic rings. The predicted octanol–water partition coefficient (Wildman–Crippen LogP) is 13.5. The summed E-state index contributed by atoms with van der Waals surface area (Å²) in [4.78, 5) is 5.17. The van der Waals surface area contributed by atoms with Gasteiger partial charge in [0, 0.05) is 50.8 Å². The normalized spacial score (nSPS) is 14.3. The number of fused-ring (bicyclic) bond motifs is 8. The average molecular weight is 735 g/mol. The summed E-state index contributed by atoms with van der Waals surface area (Å²) in [6.07, 6.45) is 0. The lowest BCUT2D eigenvalue weighted by atomic mass is 9.43. The van der Waals surface area contributed by atoms with Crippen molar-refractivity contribution < 1.29 is 4.42 Å². The third-order valence-corrected chi connectivity index (χ3v) is 12.2. The highest BCUT2D eigenvalue weighted by Gasteiger charge is 2.46. The molecule has 4 heteroatoms. The van der Waals surface area contributed by atoms with E-state index < -0.39 is 0 Å². The zero-order valence-electron chi connectivity index (χ0n) is 35.3. The topological polar surface area (TPSA) is 19.6 Å². The third kappa shape index (κ3) is 5.70. The second-order valence-corrected chi connectivity index (χ2v) is 20.4. The Morgan fingerprint density at radius 2 is 1.05 bits per heavy atom. The molecule has 0 radical (unpaired) electrons. The molecule has 6 aromatic carbocycles. The van der Waals surface area contributed by atoms with Crippen LogP contribution in [0.4, 0.5) is 28.4 Å². The van der Waals surface area contributed by atoms with Crippen LogP contribution < -0.4 is 20.6 Å². The van der Waals surface area contributed by atoms with Gasteiger partial charge < -0.3 is 14.1 Å². The van der Waals surface area contributed by atoms with Gasteiger partial charge in [-0.05, 0) is 109 Å². The van der Waals surface area contributed by atoms with Crippen LogP contribution in [-0.2, 0) is 21.7 Å². The molecule has 7 aromatic rings. The molecule has 3 nitrogen and oxygen atoms in total. The molecule has 0 amide bonds. The Hall–Kier alpha value is -5.22. The third-order valence-electron chi connectivity index (χ3n) is 12.2. The summed E-state index contributed by atoms with van der Waals surface area (Å²) in [6.45, 7) is 27.8. The van der Waals surface area contributed by atoms with Crippen LogP contribution >= 0.6 is 0 Å². The summed E-state index contributed by atoms with van der Waals surface area (Å²) in [7, 11) is 0. The van der Waals surface area contributed by atoms with Gasteiger partial charge in [0.15, 0.2) is 0 Å². The van der Waals surface area contributed by atoms with E-state index in [-0.39, 0.29) is 28.5 Å². The zero-order chi connectivity index (χ0) is 39.7. The summed E-state index contributed by atoms with van der Waals surface area (Å²) in [5.41, 5.74) is 18.1. The van der Waals surface area contributed by atoms with Crippen molar-refractivity contribution in [1.29, 1.82) is 0 Å². The minimum Gasteiger partial charge on any atom is -0.456 e. The van der Waals surface area contributed by atoms with E-state index in [1.807, 2.05) is 0 Å². The van der Waals surface area contributed by atoms with Crippen LogP contribution in [0.3, 0.4) is 0 Å². The average Bonchev–Trinajstić information content (AvgIpc) is 3.50. The molecule has 0 fully saturated rings. The Kier molecular flexibility index (Phi) is 7.90. The predicted molar refractivity (Wildman–Crippen MR) is 242 cm³/mol. The van der Waals surface area contributed by atoms with E-state index in [0.717, 1.165) is 11.2 Å². The smallest absolute Gasteiger partial charge is 0.333 e. The molecular formula is C52H55BN2O. The number of para-hydroxylation sites is 2. The number of hydrogen-bond donors (Lipinski definition) is 0. The van der Waals surface area contributed by atoms with E-state index in [1.165, 1.54) is 83.5 Å². The largest absolute Gasteiger partial charge is 0.456 e. The quantitative estimate of drug-likeness (QED) is 0.165. The Morgan fingerprint density at radius 3 is 1.70 bits per heavy atom. The Labute approximate surface area is 334 Å². The maximum Gasteiger partial charge on any atom is 0.333 e. The molecule has 0 atom stereocenters. The van der Waals surface area contributed by atoms with E-state index in [0.29, 0.717) is 0 Å². The number of furan rings is 1. The van der Waals surface area contributed by atoms with E-state index in [9.17, 15) is 0 Å². The lowest BCUT2D eigenvalue weighted by Gasteiger charge is -2.46. The first-order chi connectivity index (χ1) is 26.3. The van der Waals surface area contributed by atoms with Gasteiger partial charge in [-0.15, -0.1) is 0 Å². The zero-order valence-corrected chi connectivity index (χ0v) is 35.3. The SMILES string of the molecule is CC(C)(C)c1cc(N2c3cc(C(C)(C)C)ccc3B3c4c2cc2oc5ccc(C(C)(C)C)cc5c2c4-c2ccccc2N3c2ccccc2)cc(C(C)(C)C)c1. The molecule has 282 valence electrons. The standard InChI is InChI=1S/C52H55BN2O/c1-49(2,3)32-23-25-44-39(29-32)46-45(56-44)31-43-48-47(46)38-20-16-17-21-41(38)55(36-18-14-13-15-19-36)53(48)40-24-22-33(50(4,5)6)30-42(40)54(43)37-27-34(51(7,8)9)26-35(28-37)52(10,11)12/h13-31H,1-12H3. The summed E-state index contributed by atoms with van der Waals surface area (Å²) < 4.78 is 6.98. The number of anilines is 5. The number of hydrogen-bond acceptors (Lipinski definition) is 3. The monoisotopic (exact) mass is 734 g/mol. The van der Waals surface area contributed by atoms with Crippen LogP contribution in [0, 0.1) is 0 Å². The van der Waals surface area contributed by atoms with Crippen LogP contribution in [0.1, 0.15) is 105 Å². The maximum absolute atomic E-state index is 6.98. The van der Waals surface area contributed by atoms with Gasteiger partial charge in [-0.2, -0.15) is 0 Å². The summed E-state index contributed by atoms with van der Waals surface area (Å²) in [5, 5.41) is 2.38. The molecule has 0 aliphatic carbocycles. The van der Waals surface area contributed by atoms with Crippen molar-refractivity contribution in [1.82, 2.24) is 0 Å². The molecule has 0 saturated carbocycles. The second kappa shape index (κ2) is 12.1. The van der Waals surface area contributed by atoms with Crippen molar-refractivity contribution in [3.8, 4) is 11.1 Å². The fraction of sp³-hybridized carbons (Fsp3) is 0.308. The van der Waals surface area contributed by atoms with Gasteiger partial charge in [0.25, 0.3) is 0 Å². The van der Waals surface area contributed by atoms with Crippen LogP contribution in [0.2, 0.25) is 0 Å². The number of nitrogens with zero attached hydrogens (tertiary/aromatic N) is 2. The van der Waals surface area contributed by atoms with Crippen molar-refractivity contribution in [2.75, 3.05) is 9.71 Å². The minimum absolute atomic E-state index is 0.00287. The molecule has 2 aliphatic heterocycles. The molecule has 0 N–H and O–H groups in total. The van der Waals surface area contributed by atoms with Gasteiger partial charge in [-0.1, -0.05) is 144 Å². The lowest BCUT2D eigenvalue weighted by molar-refractivity contribution is 0.568. The van der Waals surface area contributed by atoms with Gasteiger partial charge in [0.05, 0.1) is 0 Å². The molecule has 0 spiro atoms. The van der Waals surface area contributed by atoms with Gasteiger partial charge in [0.1, 0.15) is 11.2 Å². The minimum atomic E-state index is -0.0781. The number of rotatable bonds is 2. The van der Waals surface area contributed by atoms with Crippen molar-refractivity contribution in [3.05, 3.63) is 138 Å². The first kappa shape index (κ1) is 36.4. The van der Waals surface area contributed by atoms with Crippen LogP contribution in [0.15, 0.2) is 120 Å². The molecular weight excluding hydrogens is 679 g/mol. The molecule has 0 bridgehead atoms. The molecule has 56 heavy (non-hydrogen) atoms. The van der Waals surface area contributed by atoms with E-state index in [4.69, 9.17) is 4.42 Å². The summed E-state index contributed by atoms with van der Waals surface area (Å²) in [5.74, 6) is 0.